The van der Waals surface area contributed by atoms with Crippen molar-refractivity contribution in [1.29, 1.82) is 0 Å². The molecule has 0 fully saturated rings. The Morgan fingerprint density at radius 1 is 1.33 bits per heavy atom. The number of aliphatic hydroxyl groups is 1. The van der Waals surface area contributed by atoms with Gasteiger partial charge >= 0.3 is 0 Å². The normalized spacial score (nSPS) is 11.8. The molecule has 1 aromatic heterocycles. The summed E-state index contributed by atoms with van der Waals surface area (Å²) in [5.41, 5.74) is 0.0400. The van der Waals surface area contributed by atoms with Crippen LogP contribution >= 0.6 is 0 Å². The third-order valence-electron chi connectivity index (χ3n) is 3.43. The van der Waals surface area contributed by atoms with Crippen LogP contribution in [0.5, 0.6) is 0 Å². The van der Waals surface area contributed by atoms with E-state index in [1.807, 2.05) is 20.8 Å². The largest absolute Gasteiger partial charge is 0.395 e. The molecule has 21 heavy (non-hydrogen) atoms. The summed E-state index contributed by atoms with van der Waals surface area (Å²) in [6.45, 7) is 5.75. The van der Waals surface area contributed by atoms with E-state index in [4.69, 9.17) is 5.11 Å². The van der Waals surface area contributed by atoms with E-state index in [1.54, 1.807) is 0 Å². The summed E-state index contributed by atoms with van der Waals surface area (Å²) in [5, 5.41) is 8.69. The van der Waals surface area contributed by atoms with Crippen molar-refractivity contribution in [1.82, 2.24) is 9.71 Å². The highest BCUT2D eigenvalue weighted by molar-refractivity contribution is 7.89. The smallest absolute Gasteiger partial charge is 0.242 e. The zero-order valence-corrected chi connectivity index (χ0v) is 13.5. The Hall–Kier alpha value is -1.42. The fraction of sp³-hybridized carbons (Fsp3) is 0.533. The first kappa shape index (κ1) is 17.6. The highest BCUT2D eigenvalue weighted by Crippen LogP contribution is 2.18. The van der Waals surface area contributed by atoms with Crippen molar-refractivity contribution in [3.05, 3.63) is 24.0 Å². The van der Waals surface area contributed by atoms with E-state index >= 15 is 0 Å². The van der Waals surface area contributed by atoms with E-state index in [0.717, 1.165) is 0 Å². The first-order valence-corrected chi connectivity index (χ1v) is 8.44. The van der Waals surface area contributed by atoms with Gasteiger partial charge in [-0.2, -0.15) is 0 Å². The van der Waals surface area contributed by atoms with Crippen LogP contribution in [0.2, 0.25) is 0 Å². The molecule has 0 unspecified atom stereocenters. The van der Waals surface area contributed by atoms with E-state index in [-0.39, 0.29) is 11.5 Å². The second-order valence-corrected chi connectivity index (χ2v) is 6.74. The molecule has 0 saturated carbocycles. The Morgan fingerprint density at radius 2 is 2.00 bits per heavy atom. The van der Waals surface area contributed by atoms with E-state index in [0.29, 0.717) is 24.8 Å². The molecule has 0 atom stereocenters. The highest BCUT2D eigenvalue weighted by atomic mass is 32.2. The minimum Gasteiger partial charge on any atom is -0.395 e. The summed E-state index contributed by atoms with van der Waals surface area (Å²) in [4.78, 5) is 4.03. The van der Waals surface area contributed by atoms with Crippen molar-refractivity contribution in [2.24, 2.45) is 0 Å². The standard InChI is InChI=1S/C15H22N2O3S/c1-4-15(3,5-2)17-21(19,20)14-10-13(11-16-12-14)8-6-7-9-18/h10-12,17-18H,4-5,7,9H2,1-3H3. The first-order valence-electron chi connectivity index (χ1n) is 6.95. The van der Waals surface area contributed by atoms with Crippen molar-refractivity contribution in [2.45, 2.75) is 50.5 Å². The minimum absolute atomic E-state index is 0.0225. The number of nitrogens with zero attached hydrogens (tertiary/aromatic N) is 1. The van der Waals surface area contributed by atoms with Gasteiger partial charge in [-0.15, -0.1) is 0 Å². The topological polar surface area (TPSA) is 79.3 Å². The Kier molecular flexibility index (Phi) is 6.34. The monoisotopic (exact) mass is 310 g/mol. The van der Waals surface area contributed by atoms with E-state index in [1.165, 1.54) is 18.5 Å². The van der Waals surface area contributed by atoms with Gasteiger partial charge in [0.15, 0.2) is 0 Å². The summed E-state index contributed by atoms with van der Waals surface area (Å²) >= 11 is 0. The lowest BCUT2D eigenvalue weighted by Gasteiger charge is -2.27. The lowest BCUT2D eigenvalue weighted by Crippen LogP contribution is -2.44. The minimum atomic E-state index is -3.62. The van der Waals surface area contributed by atoms with Gasteiger partial charge in [-0.25, -0.2) is 13.1 Å². The van der Waals surface area contributed by atoms with Crippen molar-refractivity contribution >= 4 is 10.0 Å². The van der Waals surface area contributed by atoms with Gasteiger partial charge in [-0.05, 0) is 25.8 Å². The van der Waals surface area contributed by atoms with Crippen LogP contribution in [0, 0.1) is 11.8 Å². The van der Waals surface area contributed by atoms with E-state index < -0.39 is 15.6 Å². The van der Waals surface area contributed by atoms with Crippen LogP contribution in [0.1, 0.15) is 45.6 Å². The second-order valence-electron chi connectivity index (χ2n) is 5.06. The molecule has 6 heteroatoms. The number of nitrogens with one attached hydrogen (secondary N) is 1. The molecule has 0 radical (unpaired) electrons. The molecule has 0 saturated heterocycles. The van der Waals surface area contributed by atoms with Crippen LogP contribution < -0.4 is 4.72 Å². The average Bonchev–Trinajstić information content (AvgIpc) is 2.47. The van der Waals surface area contributed by atoms with Crippen LogP contribution in [0.15, 0.2) is 23.4 Å². The lowest BCUT2D eigenvalue weighted by atomic mass is 9.98. The van der Waals surface area contributed by atoms with Crippen LogP contribution in [-0.2, 0) is 10.0 Å². The predicted molar refractivity (Wildman–Crippen MR) is 82.1 cm³/mol. The maximum absolute atomic E-state index is 12.4. The zero-order chi connectivity index (χ0) is 15.9. The predicted octanol–water partition coefficient (Wildman–Crippen LogP) is 1.67. The summed E-state index contributed by atoms with van der Waals surface area (Å²) in [7, 11) is -3.62. The van der Waals surface area contributed by atoms with Gasteiger partial charge in [-0.1, -0.05) is 25.7 Å². The molecule has 2 N–H and O–H groups in total. The van der Waals surface area contributed by atoms with Gasteiger partial charge in [0.1, 0.15) is 4.90 Å². The Bertz CT molecular complexity index is 626. The molecule has 0 amide bonds. The van der Waals surface area contributed by atoms with E-state index in [9.17, 15) is 8.42 Å². The quantitative estimate of drug-likeness (QED) is 0.783. The Morgan fingerprint density at radius 3 is 2.57 bits per heavy atom. The van der Waals surface area contributed by atoms with Crippen molar-refractivity contribution < 1.29 is 13.5 Å². The van der Waals surface area contributed by atoms with E-state index in [2.05, 4.69) is 21.5 Å². The molecule has 0 aliphatic heterocycles. The van der Waals surface area contributed by atoms with Crippen molar-refractivity contribution in [3.63, 3.8) is 0 Å². The molecular formula is C15H22N2O3S. The fourth-order valence-electron chi connectivity index (χ4n) is 1.63. The number of pyridine rings is 1. The van der Waals surface area contributed by atoms with Crippen molar-refractivity contribution in [2.75, 3.05) is 6.61 Å². The molecule has 0 aromatic carbocycles. The molecule has 0 spiro atoms. The zero-order valence-electron chi connectivity index (χ0n) is 12.7. The number of sulfonamides is 1. The molecule has 0 bridgehead atoms. The molecule has 5 nitrogen and oxygen atoms in total. The molecule has 1 rings (SSSR count). The Labute approximate surface area is 126 Å². The van der Waals surface area contributed by atoms with Crippen LogP contribution in [0.25, 0.3) is 0 Å². The molecule has 1 heterocycles. The number of aliphatic hydroxyl groups excluding tert-OH is 1. The van der Waals surface area contributed by atoms with Gasteiger partial charge in [0, 0.05) is 29.9 Å². The van der Waals surface area contributed by atoms with Gasteiger partial charge < -0.3 is 5.11 Å². The average molecular weight is 310 g/mol. The number of hydrogen-bond acceptors (Lipinski definition) is 4. The highest BCUT2D eigenvalue weighted by Gasteiger charge is 2.27. The van der Waals surface area contributed by atoms with Crippen LogP contribution in [-0.4, -0.2) is 30.7 Å². The number of rotatable bonds is 6. The van der Waals surface area contributed by atoms with Crippen molar-refractivity contribution in [3.8, 4) is 11.8 Å². The molecule has 0 aliphatic carbocycles. The molecule has 0 aliphatic rings. The first-order chi connectivity index (χ1) is 9.87. The lowest BCUT2D eigenvalue weighted by molar-refractivity contribution is 0.305. The SMILES string of the molecule is CCC(C)(CC)NS(=O)(=O)c1cncc(C#CCCO)c1. The summed E-state index contributed by atoms with van der Waals surface area (Å²) in [6, 6.07) is 1.49. The third kappa shape index (κ3) is 5.12. The summed E-state index contributed by atoms with van der Waals surface area (Å²) in [6.07, 6.45) is 4.56. The fourth-order valence-corrected chi connectivity index (χ4v) is 3.17. The maximum Gasteiger partial charge on any atom is 0.242 e. The van der Waals surface area contributed by atoms with Gasteiger partial charge in [0.25, 0.3) is 0 Å². The summed E-state index contributed by atoms with van der Waals surface area (Å²) < 4.78 is 27.5. The third-order valence-corrected chi connectivity index (χ3v) is 5.04. The number of hydrogen-bond donors (Lipinski definition) is 2. The van der Waals surface area contributed by atoms with Gasteiger partial charge in [0.2, 0.25) is 10.0 Å². The number of aromatic nitrogens is 1. The summed E-state index contributed by atoms with van der Waals surface area (Å²) in [5.74, 6) is 5.53. The maximum atomic E-state index is 12.4. The van der Waals surface area contributed by atoms with Gasteiger partial charge in [0.05, 0.1) is 6.61 Å². The molecule has 116 valence electrons. The molecular weight excluding hydrogens is 288 g/mol. The van der Waals surface area contributed by atoms with Gasteiger partial charge in [-0.3, -0.25) is 4.98 Å². The molecule has 1 aromatic rings. The Balaban J connectivity index is 3.05. The van der Waals surface area contributed by atoms with Crippen LogP contribution in [0.4, 0.5) is 0 Å². The van der Waals surface area contributed by atoms with Crippen LogP contribution in [0.3, 0.4) is 0 Å². The second kappa shape index (κ2) is 7.55.